The van der Waals surface area contributed by atoms with E-state index < -0.39 is 0 Å². The van der Waals surface area contributed by atoms with E-state index in [0.717, 1.165) is 33.8 Å². The summed E-state index contributed by atoms with van der Waals surface area (Å²) in [5.74, 6) is 0. The highest BCUT2D eigenvalue weighted by Gasteiger charge is 2.23. The molecule has 0 fully saturated rings. The Morgan fingerprint density at radius 1 is 1.32 bits per heavy atom. The zero-order valence-corrected chi connectivity index (χ0v) is 13.1. The number of aromatic nitrogens is 5. The minimum Gasteiger partial charge on any atom is -0.305 e. The molecule has 0 aliphatic rings. The molecule has 6 nitrogen and oxygen atoms in total. The average Bonchev–Trinajstić information content (AvgIpc) is 2.70. The maximum atomic E-state index is 4.20. The van der Waals surface area contributed by atoms with Crippen molar-refractivity contribution < 1.29 is 0 Å². The molecule has 2 aromatic rings. The normalized spacial score (nSPS) is 12.7. The van der Waals surface area contributed by atoms with Crippen molar-refractivity contribution in [2.75, 3.05) is 6.54 Å². The van der Waals surface area contributed by atoms with E-state index in [9.17, 15) is 0 Å². The fraction of sp³-hybridized carbons (Fsp3) is 0.500. The number of hydrogen-bond donors (Lipinski definition) is 1. The Morgan fingerprint density at radius 2 is 2.05 bits per heavy atom. The van der Waals surface area contributed by atoms with E-state index in [-0.39, 0.29) is 6.04 Å². The van der Waals surface area contributed by atoms with Gasteiger partial charge in [0.05, 0.1) is 23.1 Å². The predicted octanol–water partition coefficient (Wildman–Crippen LogP) is 1.68. The van der Waals surface area contributed by atoms with E-state index in [1.807, 2.05) is 20.9 Å². The molecule has 1 unspecified atom stereocenters. The summed E-state index contributed by atoms with van der Waals surface area (Å²) in [5.41, 5.74) is 3.89. The van der Waals surface area contributed by atoms with E-state index in [2.05, 4.69) is 54.7 Å². The second-order valence-corrected chi connectivity index (χ2v) is 5.16. The lowest BCUT2D eigenvalue weighted by Crippen LogP contribution is -2.26. The molecule has 102 valence electrons. The Morgan fingerprint density at radius 3 is 2.63 bits per heavy atom. The highest BCUT2D eigenvalue weighted by Crippen LogP contribution is 2.28. The van der Waals surface area contributed by atoms with Crippen molar-refractivity contribution >= 4 is 15.9 Å². The molecule has 0 spiro atoms. The lowest BCUT2D eigenvalue weighted by molar-refractivity contribution is 0.561. The highest BCUT2D eigenvalue weighted by molar-refractivity contribution is 9.10. The summed E-state index contributed by atoms with van der Waals surface area (Å²) in [6.45, 7) is 6.81. The molecular formula is C12H17BrN6. The van der Waals surface area contributed by atoms with Crippen LogP contribution in [0.15, 0.2) is 10.7 Å². The van der Waals surface area contributed by atoms with Crippen LogP contribution in [0.3, 0.4) is 0 Å². The lowest BCUT2D eigenvalue weighted by atomic mass is 10.0. The molecule has 0 saturated carbocycles. The van der Waals surface area contributed by atoms with E-state index in [4.69, 9.17) is 0 Å². The number of nitrogens with zero attached hydrogens (tertiary/aromatic N) is 5. The molecule has 1 N–H and O–H groups in total. The summed E-state index contributed by atoms with van der Waals surface area (Å²) in [6, 6.07) is 2.04. The molecule has 0 radical (unpaired) electrons. The molecule has 2 heterocycles. The number of halogens is 1. The summed E-state index contributed by atoms with van der Waals surface area (Å²) in [4.78, 5) is 0. The Bertz CT molecular complexity index is 560. The van der Waals surface area contributed by atoms with Crippen molar-refractivity contribution in [3.05, 3.63) is 33.3 Å². The molecule has 0 amide bonds. The van der Waals surface area contributed by atoms with Crippen LogP contribution in [0.4, 0.5) is 0 Å². The Labute approximate surface area is 120 Å². The fourth-order valence-electron chi connectivity index (χ4n) is 2.07. The first kappa shape index (κ1) is 14.1. The summed E-state index contributed by atoms with van der Waals surface area (Å²) in [6.07, 6.45) is 0. The second-order valence-electron chi connectivity index (χ2n) is 4.41. The predicted molar refractivity (Wildman–Crippen MR) is 75.7 cm³/mol. The van der Waals surface area contributed by atoms with Crippen LogP contribution in [0, 0.1) is 13.8 Å². The van der Waals surface area contributed by atoms with Gasteiger partial charge in [-0.15, -0.1) is 5.10 Å². The van der Waals surface area contributed by atoms with Gasteiger partial charge in [-0.3, -0.25) is 0 Å². The Hall–Kier alpha value is -1.34. The summed E-state index contributed by atoms with van der Waals surface area (Å²) < 4.78 is 2.52. The Kier molecular flexibility index (Phi) is 4.26. The maximum Gasteiger partial charge on any atom is 0.153 e. The van der Waals surface area contributed by atoms with Gasteiger partial charge in [0.1, 0.15) is 0 Å². The molecule has 0 aliphatic carbocycles. The van der Waals surface area contributed by atoms with Gasteiger partial charge >= 0.3 is 0 Å². The third-order valence-electron chi connectivity index (χ3n) is 2.96. The van der Waals surface area contributed by atoms with Gasteiger partial charge in [-0.2, -0.15) is 10.2 Å². The van der Waals surface area contributed by atoms with E-state index in [1.54, 1.807) is 4.68 Å². The van der Waals surface area contributed by atoms with Crippen LogP contribution in [0.5, 0.6) is 0 Å². The second kappa shape index (κ2) is 5.75. The van der Waals surface area contributed by atoms with Gasteiger partial charge in [-0.25, -0.2) is 4.68 Å². The van der Waals surface area contributed by atoms with Gasteiger partial charge < -0.3 is 5.32 Å². The number of hydrogen-bond acceptors (Lipinski definition) is 5. The van der Waals surface area contributed by atoms with Crippen molar-refractivity contribution in [1.82, 2.24) is 30.5 Å². The van der Waals surface area contributed by atoms with Crippen molar-refractivity contribution in [3.8, 4) is 0 Å². The fourth-order valence-corrected chi connectivity index (χ4v) is 2.62. The third-order valence-corrected chi connectivity index (χ3v) is 3.52. The first-order chi connectivity index (χ1) is 9.04. The zero-order chi connectivity index (χ0) is 14.0. The third kappa shape index (κ3) is 2.82. The van der Waals surface area contributed by atoms with E-state index in [0.29, 0.717) is 0 Å². The molecule has 1 atom stereocenters. The molecule has 7 heteroatoms. The summed E-state index contributed by atoms with van der Waals surface area (Å²) in [5, 5.41) is 19.8. The van der Waals surface area contributed by atoms with Crippen molar-refractivity contribution in [2.45, 2.75) is 26.8 Å². The minimum absolute atomic E-state index is 0.00595. The van der Waals surface area contributed by atoms with Crippen LogP contribution in [-0.2, 0) is 7.05 Å². The summed E-state index contributed by atoms with van der Waals surface area (Å²) >= 11 is 3.46. The lowest BCUT2D eigenvalue weighted by Gasteiger charge is -2.20. The van der Waals surface area contributed by atoms with Crippen LogP contribution >= 0.6 is 15.9 Å². The molecular weight excluding hydrogens is 308 g/mol. The quantitative estimate of drug-likeness (QED) is 0.926. The van der Waals surface area contributed by atoms with Crippen LogP contribution in [0.2, 0.25) is 0 Å². The smallest absolute Gasteiger partial charge is 0.153 e. The molecule has 0 saturated heterocycles. The van der Waals surface area contributed by atoms with Crippen molar-refractivity contribution in [2.24, 2.45) is 7.05 Å². The first-order valence-electron chi connectivity index (χ1n) is 6.13. The van der Waals surface area contributed by atoms with Gasteiger partial charge in [0, 0.05) is 12.6 Å². The average molecular weight is 325 g/mol. The molecule has 2 aromatic heterocycles. The number of nitrogens with one attached hydrogen (secondary N) is 1. The van der Waals surface area contributed by atoms with Crippen LogP contribution in [-0.4, -0.2) is 31.7 Å². The molecule has 0 aromatic carbocycles. The van der Waals surface area contributed by atoms with Crippen LogP contribution in [0.1, 0.15) is 35.6 Å². The number of rotatable bonds is 4. The van der Waals surface area contributed by atoms with Crippen molar-refractivity contribution in [3.63, 3.8) is 0 Å². The standard InChI is InChI=1S/C12H17BrN6/c1-5-14-10(11-12(13)17-18-19(11)4)9-6-7(2)15-16-8(9)3/h6,10,14H,5H2,1-4H3. The number of aryl methyl sites for hydroxylation is 3. The van der Waals surface area contributed by atoms with Gasteiger partial charge in [0.2, 0.25) is 0 Å². The molecule has 0 bridgehead atoms. The summed E-state index contributed by atoms with van der Waals surface area (Å²) in [7, 11) is 1.88. The van der Waals surface area contributed by atoms with Crippen LogP contribution in [0.25, 0.3) is 0 Å². The van der Waals surface area contributed by atoms with Gasteiger partial charge in [-0.1, -0.05) is 12.1 Å². The molecule has 19 heavy (non-hydrogen) atoms. The largest absolute Gasteiger partial charge is 0.305 e. The van der Waals surface area contributed by atoms with E-state index >= 15 is 0 Å². The van der Waals surface area contributed by atoms with Gasteiger partial charge in [0.15, 0.2) is 4.60 Å². The molecule has 2 rings (SSSR count). The van der Waals surface area contributed by atoms with Gasteiger partial charge in [-0.05, 0) is 42.4 Å². The van der Waals surface area contributed by atoms with E-state index in [1.165, 1.54) is 0 Å². The van der Waals surface area contributed by atoms with Crippen molar-refractivity contribution in [1.29, 1.82) is 0 Å². The molecule has 0 aliphatic heterocycles. The SMILES string of the molecule is CCNC(c1cc(C)nnc1C)c1c(Br)nnn1C. The van der Waals surface area contributed by atoms with Gasteiger partial charge in [0.25, 0.3) is 0 Å². The first-order valence-corrected chi connectivity index (χ1v) is 6.93. The minimum atomic E-state index is -0.00595. The monoisotopic (exact) mass is 324 g/mol. The maximum absolute atomic E-state index is 4.20. The highest BCUT2D eigenvalue weighted by atomic mass is 79.9. The topological polar surface area (TPSA) is 68.5 Å². The Balaban J connectivity index is 2.54. The zero-order valence-electron chi connectivity index (χ0n) is 11.5. The van der Waals surface area contributed by atoms with Crippen LogP contribution < -0.4 is 5.32 Å².